The molecule has 1 fully saturated rings. The molecular formula is C22H30N6O2. The Labute approximate surface area is 176 Å². The van der Waals surface area contributed by atoms with Crippen molar-refractivity contribution in [3.8, 4) is 11.3 Å². The highest BCUT2D eigenvalue weighted by atomic mass is 16.3. The molecule has 1 saturated carbocycles. The first-order chi connectivity index (χ1) is 14.5. The van der Waals surface area contributed by atoms with Crippen LogP contribution in [0.3, 0.4) is 0 Å². The third-order valence-electron chi connectivity index (χ3n) is 5.58. The largest absolute Gasteiger partial charge is 0.393 e. The van der Waals surface area contributed by atoms with Gasteiger partial charge in [0.2, 0.25) is 5.95 Å². The van der Waals surface area contributed by atoms with Gasteiger partial charge in [0, 0.05) is 42.1 Å². The van der Waals surface area contributed by atoms with Crippen molar-refractivity contribution in [1.29, 1.82) is 0 Å². The second-order valence-corrected chi connectivity index (χ2v) is 8.40. The summed E-state index contributed by atoms with van der Waals surface area (Å²) >= 11 is 0. The SMILES string of the molecule is CN(C)CC(O)Cn1cc(-c2ccnc(NC3CCC(O)CC3)n2)c2cccnc21. The molecule has 3 N–H and O–H groups in total. The number of pyridine rings is 1. The lowest BCUT2D eigenvalue weighted by atomic mass is 9.93. The van der Waals surface area contributed by atoms with Gasteiger partial charge in [-0.2, -0.15) is 0 Å². The van der Waals surface area contributed by atoms with E-state index in [0.29, 0.717) is 19.0 Å². The van der Waals surface area contributed by atoms with Gasteiger partial charge in [-0.3, -0.25) is 0 Å². The van der Waals surface area contributed by atoms with Gasteiger partial charge in [0.15, 0.2) is 0 Å². The number of likely N-dealkylation sites (N-methyl/N-ethyl adjacent to an activating group) is 1. The fourth-order valence-corrected chi connectivity index (χ4v) is 4.15. The minimum absolute atomic E-state index is 0.184. The van der Waals surface area contributed by atoms with Gasteiger partial charge in [-0.25, -0.2) is 15.0 Å². The Balaban J connectivity index is 1.60. The maximum absolute atomic E-state index is 10.4. The van der Waals surface area contributed by atoms with Crippen molar-refractivity contribution in [3.63, 3.8) is 0 Å². The van der Waals surface area contributed by atoms with Gasteiger partial charge in [0.25, 0.3) is 0 Å². The maximum Gasteiger partial charge on any atom is 0.223 e. The Hall–Kier alpha value is -2.55. The van der Waals surface area contributed by atoms with Crippen LogP contribution in [0.5, 0.6) is 0 Å². The highest BCUT2D eigenvalue weighted by Gasteiger charge is 2.20. The normalized spacial score (nSPS) is 20.6. The molecule has 0 spiro atoms. The Kier molecular flexibility index (Phi) is 6.26. The number of nitrogens with one attached hydrogen (secondary N) is 1. The van der Waals surface area contributed by atoms with E-state index in [1.165, 1.54) is 0 Å². The molecule has 0 saturated heterocycles. The topological polar surface area (TPSA) is 99.3 Å². The van der Waals surface area contributed by atoms with E-state index in [1.807, 2.05) is 48.0 Å². The summed E-state index contributed by atoms with van der Waals surface area (Å²) in [6.07, 6.45) is 8.33. The average molecular weight is 411 g/mol. The molecule has 1 aliphatic rings. The Morgan fingerprint density at radius 1 is 1.17 bits per heavy atom. The van der Waals surface area contributed by atoms with E-state index in [9.17, 15) is 10.2 Å². The summed E-state index contributed by atoms with van der Waals surface area (Å²) < 4.78 is 2.00. The van der Waals surface area contributed by atoms with Crippen LogP contribution in [-0.2, 0) is 6.54 Å². The average Bonchev–Trinajstić information content (AvgIpc) is 3.08. The van der Waals surface area contributed by atoms with Crippen LogP contribution in [0.2, 0.25) is 0 Å². The van der Waals surface area contributed by atoms with Crippen LogP contribution in [0, 0.1) is 0 Å². The lowest BCUT2D eigenvalue weighted by Gasteiger charge is -2.26. The predicted octanol–water partition coefficient (Wildman–Crippen LogP) is 2.13. The highest BCUT2D eigenvalue weighted by Crippen LogP contribution is 2.29. The van der Waals surface area contributed by atoms with E-state index in [-0.39, 0.29) is 12.1 Å². The van der Waals surface area contributed by atoms with E-state index >= 15 is 0 Å². The molecule has 3 aromatic heterocycles. The molecule has 0 radical (unpaired) electrons. The summed E-state index contributed by atoms with van der Waals surface area (Å²) in [4.78, 5) is 15.7. The van der Waals surface area contributed by atoms with Gasteiger partial charge in [-0.15, -0.1) is 0 Å². The molecule has 30 heavy (non-hydrogen) atoms. The molecule has 0 bridgehead atoms. The van der Waals surface area contributed by atoms with E-state index in [2.05, 4.69) is 15.3 Å². The number of hydrogen-bond acceptors (Lipinski definition) is 7. The van der Waals surface area contributed by atoms with E-state index in [1.54, 1.807) is 12.4 Å². The van der Waals surface area contributed by atoms with Crippen LogP contribution >= 0.6 is 0 Å². The standard InChI is InChI=1S/C22H30N6O2/c1-27(2)12-17(30)13-28-14-19(18-4-3-10-23-21(18)28)20-9-11-24-22(26-20)25-15-5-7-16(29)8-6-15/h3-4,9-11,14-17,29-30H,5-8,12-13H2,1-2H3,(H,24,25,26). The molecule has 4 rings (SSSR count). The fourth-order valence-electron chi connectivity index (χ4n) is 4.15. The zero-order valence-electron chi connectivity index (χ0n) is 17.6. The molecule has 8 heteroatoms. The van der Waals surface area contributed by atoms with Gasteiger partial charge in [0.1, 0.15) is 5.65 Å². The van der Waals surface area contributed by atoms with Crippen molar-refractivity contribution in [2.24, 2.45) is 0 Å². The summed E-state index contributed by atoms with van der Waals surface area (Å²) in [5.41, 5.74) is 2.63. The molecule has 160 valence electrons. The van der Waals surface area contributed by atoms with Gasteiger partial charge in [-0.05, 0) is 58.0 Å². The van der Waals surface area contributed by atoms with Gasteiger partial charge < -0.3 is 25.0 Å². The quantitative estimate of drug-likeness (QED) is 0.549. The molecule has 1 aliphatic carbocycles. The first-order valence-electron chi connectivity index (χ1n) is 10.5. The second-order valence-electron chi connectivity index (χ2n) is 8.40. The van der Waals surface area contributed by atoms with Crippen LogP contribution in [0.1, 0.15) is 25.7 Å². The van der Waals surface area contributed by atoms with Gasteiger partial charge in [0.05, 0.1) is 24.4 Å². The Bertz CT molecular complexity index is 981. The first-order valence-corrected chi connectivity index (χ1v) is 10.5. The molecule has 0 amide bonds. The van der Waals surface area contributed by atoms with Crippen molar-refractivity contribution in [2.45, 2.75) is 50.5 Å². The second kappa shape index (κ2) is 9.07. The Morgan fingerprint density at radius 3 is 2.73 bits per heavy atom. The van der Waals surface area contributed by atoms with Crippen molar-refractivity contribution in [3.05, 3.63) is 36.8 Å². The summed E-state index contributed by atoms with van der Waals surface area (Å²) in [5, 5.41) is 24.5. The monoisotopic (exact) mass is 410 g/mol. The minimum atomic E-state index is -0.491. The summed E-state index contributed by atoms with van der Waals surface area (Å²) in [6.45, 7) is 1.05. The molecule has 1 unspecified atom stereocenters. The third-order valence-corrected chi connectivity index (χ3v) is 5.58. The number of aromatic nitrogens is 4. The molecule has 3 aromatic rings. The lowest BCUT2D eigenvalue weighted by molar-refractivity contribution is 0.121. The lowest BCUT2D eigenvalue weighted by Crippen LogP contribution is -2.29. The number of rotatable bonds is 7. The van der Waals surface area contributed by atoms with Gasteiger partial charge in [-0.1, -0.05) is 0 Å². The fraction of sp³-hybridized carbons (Fsp3) is 0.500. The zero-order chi connectivity index (χ0) is 21.1. The Morgan fingerprint density at radius 2 is 1.97 bits per heavy atom. The van der Waals surface area contributed by atoms with Crippen molar-refractivity contribution >= 4 is 17.0 Å². The van der Waals surface area contributed by atoms with Crippen molar-refractivity contribution in [2.75, 3.05) is 26.0 Å². The van der Waals surface area contributed by atoms with Crippen molar-refractivity contribution < 1.29 is 10.2 Å². The molecule has 0 aliphatic heterocycles. The van der Waals surface area contributed by atoms with Crippen LogP contribution in [0.4, 0.5) is 5.95 Å². The maximum atomic E-state index is 10.4. The number of aliphatic hydroxyl groups excluding tert-OH is 2. The molecule has 1 atom stereocenters. The van der Waals surface area contributed by atoms with Crippen LogP contribution in [0.15, 0.2) is 36.8 Å². The third kappa shape index (κ3) is 4.77. The van der Waals surface area contributed by atoms with Crippen LogP contribution in [0.25, 0.3) is 22.3 Å². The van der Waals surface area contributed by atoms with Crippen LogP contribution < -0.4 is 5.32 Å². The molecule has 3 heterocycles. The first kappa shape index (κ1) is 20.7. The van der Waals surface area contributed by atoms with Gasteiger partial charge >= 0.3 is 0 Å². The molecule has 8 nitrogen and oxygen atoms in total. The number of aliphatic hydroxyl groups is 2. The van der Waals surface area contributed by atoms with Crippen molar-refractivity contribution in [1.82, 2.24) is 24.4 Å². The number of hydrogen-bond donors (Lipinski definition) is 3. The van der Waals surface area contributed by atoms with E-state index < -0.39 is 6.10 Å². The number of nitrogens with zero attached hydrogens (tertiary/aromatic N) is 5. The molecule has 0 aromatic carbocycles. The highest BCUT2D eigenvalue weighted by molar-refractivity contribution is 5.93. The number of fused-ring (bicyclic) bond motifs is 1. The molecular weight excluding hydrogens is 380 g/mol. The number of anilines is 1. The van der Waals surface area contributed by atoms with E-state index in [4.69, 9.17) is 4.98 Å². The summed E-state index contributed by atoms with van der Waals surface area (Å²) in [5.74, 6) is 0.603. The smallest absolute Gasteiger partial charge is 0.223 e. The summed E-state index contributed by atoms with van der Waals surface area (Å²) in [6, 6.07) is 6.13. The minimum Gasteiger partial charge on any atom is -0.393 e. The van der Waals surface area contributed by atoms with E-state index in [0.717, 1.165) is 48.0 Å². The zero-order valence-corrected chi connectivity index (χ0v) is 17.6. The van der Waals surface area contributed by atoms with Crippen LogP contribution in [-0.4, -0.2) is 73.5 Å². The summed E-state index contributed by atoms with van der Waals surface area (Å²) in [7, 11) is 3.90. The predicted molar refractivity (Wildman–Crippen MR) is 117 cm³/mol.